The molecule has 1 aliphatic heterocycles. The van der Waals surface area contributed by atoms with Crippen molar-refractivity contribution in [1.29, 1.82) is 0 Å². The smallest absolute Gasteiger partial charge is 0.259 e. The van der Waals surface area contributed by atoms with Gasteiger partial charge in [0.15, 0.2) is 5.60 Å². The van der Waals surface area contributed by atoms with Crippen molar-refractivity contribution in [2.75, 3.05) is 26.3 Å². The summed E-state index contributed by atoms with van der Waals surface area (Å²) in [5, 5.41) is 10.4. The van der Waals surface area contributed by atoms with Crippen molar-refractivity contribution in [3.63, 3.8) is 0 Å². The molecule has 0 unspecified atom stereocenters. The Morgan fingerprint density at radius 2 is 1.96 bits per heavy atom. The quantitative estimate of drug-likeness (QED) is 0.832. The number of aliphatic hydroxyl groups is 1. The minimum atomic E-state index is -1.17. The Labute approximate surface area is 159 Å². The van der Waals surface area contributed by atoms with Crippen molar-refractivity contribution in [2.24, 2.45) is 5.92 Å². The molecule has 2 fully saturated rings. The highest BCUT2D eigenvalue weighted by Crippen LogP contribution is 2.38. The minimum Gasteiger partial charge on any atom is -0.396 e. The second-order valence-corrected chi connectivity index (χ2v) is 7.85. The van der Waals surface area contributed by atoms with E-state index in [9.17, 15) is 9.90 Å². The van der Waals surface area contributed by atoms with Crippen LogP contribution in [0.4, 0.5) is 0 Å². The van der Waals surface area contributed by atoms with Gasteiger partial charge in [0.25, 0.3) is 5.91 Å². The van der Waals surface area contributed by atoms with Gasteiger partial charge in [0.1, 0.15) is 0 Å². The van der Waals surface area contributed by atoms with E-state index in [0.717, 1.165) is 6.54 Å². The van der Waals surface area contributed by atoms with Crippen molar-refractivity contribution < 1.29 is 14.6 Å². The maximum absolute atomic E-state index is 13.3. The molecule has 0 radical (unpaired) electrons. The predicted molar refractivity (Wildman–Crippen MR) is 98.9 cm³/mol. The third-order valence-corrected chi connectivity index (χ3v) is 6.13. The molecule has 4 nitrogen and oxygen atoms in total. The van der Waals surface area contributed by atoms with Crippen molar-refractivity contribution in [3.05, 3.63) is 33.8 Å². The lowest BCUT2D eigenvalue weighted by Crippen LogP contribution is -2.56. The Balaban J connectivity index is 1.86. The Morgan fingerprint density at radius 3 is 2.64 bits per heavy atom. The third-order valence-electron chi connectivity index (χ3n) is 5.40. The Kier molecular flexibility index (Phi) is 6.26. The molecule has 1 atom stereocenters. The third kappa shape index (κ3) is 3.97. The fourth-order valence-electron chi connectivity index (χ4n) is 4.04. The summed E-state index contributed by atoms with van der Waals surface area (Å²) >= 11 is 12.2. The Morgan fingerprint density at radius 1 is 1.20 bits per heavy atom. The van der Waals surface area contributed by atoms with Crippen LogP contribution in [0.3, 0.4) is 0 Å². The number of aliphatic hydroxyl groups excluding tert-OH is 1. The van der Waals surface area contributed by atoms with E-state index in [2.05, 4.69) is 0 Å². The second kappa shape index (κ2) is 8.26. The van der Waals surface area contributed by atoms with Gasteiger partial charge in [-0.3, -0.25) is 4.79 Å². The number of amides is 1. The minimum absolute atomic E-state index is 0.0724. The molecule has 0 bridgehead atoms. The fourth-order valence-corrected chi connectivity index (χ4v) is 4.34. The molecule has 1 saturated carbocycles. The van der Waals surface area contributed by atoms with Crippen LogP contribution in [0.15, 0.2) is 18.2 Å². The number of carbonyl (C=O) groups excluding carboxylic acids is 1. The highest BCUT2D eigenvalue weighted by atomic mass is 35.5. The fraction of sp³-hybridized carbons (Fsp3) is 0.632. The summed E-state index contributed by atoms with van der Waals surface area (Å²) in [5.41, 5.74) is -0.509. The zero-order chi connectivity index (χ0) is 17.9. The maximum Gasteiger partial charge on any atom is 0.259 e. The van der Waals surface area contributed by atoms with Gasteiger partial charge in [-0.05, 0) is 36.5 Å². The molecular weight excluding hydrogens is 361 g/mol. The standard InChI is InChI=1S/C19H25Cl2NO3/c20-16-7-6-15(12-17(16)21)19(8-10-23)18(24)22(9-11-25-19)13-14-4-2-1-3-5-14/h6-7,12,14,23H,1-5,8-11,13H2/t19-/m1/s1. The van der Waals surface area contributed by atoms with Crippen LogP contribution >= 0.6 is 23.2 Å². The summed E-state index contributed by atoms with van der Waals surface area (Å²) in [4.78, 5) is 15.2. The van der Waals surface area contributed by atoms with Crippen LogP contribution < -0.4 is 0 Å². The van der Waals surface area contributed by atoms with Crippen LogP contribution in [0.2, 0.25) is 10.0 Å². The molecule has 1 heterocycles. The summed E-state index contributed by atoms with van der Waals surface area (Å²) in [6, 6.07) is 5.13. The van der Waals surface area contributed by atoms with E-state index in [1.165, 1.54) is 32.1 Å². The van der Waals surface area contributed by atoms with Crippen LogP contribution in [0, 0.1) is 5.92 Å². The number of rotatable bonds is 5. The number of carbonyl (C=O) groups is 1. The van der Waals surface area contributed by atoms with Gasteiger partial charge < -0.3 is 14.7 Å². The molecule has 0 aromatic heterocycles. The van der Waals surface area contributed by atoms with Crippen molar-refractivity contribution >= 4 is 29.1 Å². The molecule has 1 aromatic carbocycles. The molecule has 1 saturated heterocycles. The average Bonchev–Trinajstić information content (AvgIpc) is 2.62. The summed E-state index contributed by atoms with van der Waals surface area (Å²) in [7, 11) is 0. The maximum atomic E-state index is 13.3. The first-order valence-electron chi connectivity index (χ1n) is 9.06. The van der Waals surface area contributed by atoms with Crippen molar-refractivity contribution in [3.8, 4) is 0 Å². The number of morpholine rings is 1. The highest BCUT2D eigenvalue weighted by molar-refractivity contribution is 6.42. The normalized spacial score (nSPS) is 25.4. The van der Waals surface area contributed by atoms with Crippen LogP contribution in [0.25, 0.3) is 0 Å². The molecule has 0 spiro atoms. The number of hydrogen-bond donors (Lipinski definition) is 1. The summed E-state index contributed by atoms with van der Waals surface area (Å²) < 4.78 is 5.97. The van der Waals surface area contributed by atoms with E-state index in [1.807, 2.05) is 4.90 Å². The van der Waals surface area contributed by atoms with E-state index >= 15 is 0 Å². The van der Waals surface area contributed by atoms with E-state index in [0.29, 0.717) is 34.7 Å². The van der Waals surface area contributed by atoms with Gasteiger partial charge in [-0.1, -0.05) is 48.5 Å². The van der Waals surface area contributed by atoms with Gasteiger partial charge in [0.2, 0.25) is 0 Å². The largest absolute Gasteiger partial charge is 0.396 e. The molecule has 6 heteroatoms. The number of ether oxygens (including phenoxy) is 1. The lowest BCUT2D eigenvalue weighted by Gasteiger charge is -2.43. The van der Waals surface area contributed by atoms with Gasteiger partial charge in [-0.25, -0.2) is 0 Å². The predicted octanol–water partition coefficient (Wildman–Crippen LogP) is 4.01. The van der Waals surface area contributed by atoms with E-state index < -0.39 is 5.60 Å². The number of hydrogen-bond acceptors (Lipinski definition) is 3. The van der Waals surface area contributed by atoms with Crippen LogP contribution in [-0.4, -0.2) is 42.2 Å². The topological polar surface area (TPSA) is 49.8 Å². The summed E-state index contributed by atoms with van der Waals surface area (Å²) in [6.07, 6.45) is 6.38. The lowest BCUT2D eigenvalue weighted by atomic mass is 9.85. The van der Waals surface area contributed by atoms with Gasteiger partial charge in [-0.2, -0.15) is 0 Å². The second-order valence-electron chi connectivity index (χ2n) is 7.03. The molecule has 1 aromatic rings. The molecule has 1 N–H and O–H groups in total. The monoisotopic (exact) mass is 385 g/mol. The zero-order valence-corrected chi connectivity index (χ0v) is 15.9. The van der Waals surface area contributed by atoms with E-state index in [1.54, 1.807) is 18.2 Å². The molecule has 2 aliphatic rings. The lowest BCUT2D eigenvalue weighted by molar-refractivity contribution is -0.178. The average molecular weight is 386 g/mol. The van der Waals surface area contributed by atoms with E-state index in [-0.39, 0.29) is 18.9 Å². The molecule has 1 amide bonds. The Bertz CT molecular complexity index is 615. The first-order chi connectivity index (χ1) is 12.1. The van der Waals surface area contributed by atoms with Gasteiger partial charge in [0, 0.05) is 26.1 Å². The zero-order valence-electron chi connectivity index (χ0n) is 14.3. The highest BCUT2D eigenvalue weighted by Gasteiger charge is 2.47. The van der Waals surface area contributed by atoms with E-state index in [4.69, 9.17) is 27.9 Å². The van der Waals surface area contributed by atoms with Crippen LogP contribution in [0.1, 0.15) is 44.1 Å². The molecule has 138 valence electrons. The Hall–Kier alpha value is -0.810. The molecule has 1 aliphatic carbocycles. The number of benzene rings is 1. The van der Waals surface area contributed by atoms with Crippen LogP contribution in [0.5, 0.6) is 0 Å². The number of nitrogens with zero attached hydrogens (tertiary/aromatic N) is 1. The molecular formula is C19H25Cl2NO3. The summed E-state index contributed by atoms with van der Waals surface area (Å²) in [6.45, 7) is 1.70. The molecule has 25 heavy (non-hydrogen) atoms. The van der Waals surface area contributed by atoms with Crippen LogP contribution in [-0.2, 0) is 15.1 Å². The molecule has 3 rings (SSSR count). The van der Waals surface area contributed by atoms with Crippen molar-refractivity contribution in [1.82, 2.24) is 4.90 Å². The summed E-state index contributed by atoms with van der Waals surface area (Å²) in [5.74, 6) is 0.494. The van der Waals surface area contributed by atoms with Crippen molar-refractivity contribution in [2.45, 2.75) is 44.1 Å². The van der Waals surface area contributed by atoms with Gasteiger partial charge in [-0.15, -0.1) is 0 Å². The van der Waals surface area contributed by atoms with Gasteiger partial charge >= 0.3 is 0 Å². The SMILES string of the molecule is O=C1N(CC2CCCCC2)CCO[C@]1(CCO)c1ccc(Cl)c(Cl)c1. The number of halogens is 2. The first kappa shape index (κ1) is 19.0. The van der Waals surface area contributed by atoms with Gasteiger partial charge in [0.05, 0.1) is 16.7 Å². The first-order valence-corrected chi connectivity index (χ1v) is 9.82.